The van der Waals surface area contributed by atoms with E-state index >= 15 is 0 Å². The molecule has 5 nitrogen and oxygen atoms in total. The van der Waals surface area contributed by atoms with Crippen LogP contribution in [0, 0.1) is 25.5 Å². The van der Waals surface area contributed by atoms with Crippen molar-refractivity contribution in [1.29, 1.82) is 0 Å². The van der Waals surface area contributed by atoms with Crippen molar-refractivity contribution in [2.24, 2.45) is 0 Å². The molecule has 0 saturated carbocycles. The Morgan fingerprint density at radius 3 is 2.04 bits per heavy atom. The smallest absolute Gasteiger partial charge is 0.335 e. The van der Waals surface area contributed by atoms with Crippen molar-refractivity contribution in [2.75, 3.05) is 0 Å². The lowest BCUT2D eigenvalue weighted by Gasteiger charge is -2.18. The highest BCUT2D eigenvalue weighted by Gasteiger charge is 2.33. The SMILES string of the molecule is Cc1cc(C(=O)O)cc(S(=O)(=O)N2Cc3cc(F)c(F)cc3C2)c1C. The minimum atomic E-state index is -4.02. The molecule has 1 heterocycles. The summed E-state index contributed by atoms with van der Waals surface area (Å²) in [6, 6.07) is 4.50. The normalized spacial score (nSPS) is 14.6. The lowest BCUT2D eigenvalue weighted by atomic mass is 10.1. The van der Waals surface area contributed by atoms with Crippen LogP contribution in [-0.2, 0) is 23.1 Å². The first-order chi connectivity index (χ1) is 11.6. The number of benzene rings is 2. The summed E-state index contributed by atoms with van der Waals surface area (Å²) >= 11 is 0. The van der Waals surface area contributed by atoms with E-state index < -0.39 is 27.6 Å². The van der Waals surface area contributed by atoms with Crippen LogP contribution in [0.25, 0.3) is 0 Å². The van der Waals surface area contributed by atoms with E-state index in [1.165, 1.54) is 6.07 Å². The number of hydrogen-bond acceptors (Lipinski definition) is 3. The Labute approximate surface area is 143 Å². The Hall–Kier alpha value is -2.32. The fourth-order valence-corrected chi connectivity index (χ4v) is 4.61. The molecule has 0 amide bonds. The summed E-state index contributed by atoms with van der Waals surface area (Å²) in [4.78, 5) is 11.1. The molecular weight excluding hydrogens is 352 g/mol. The fourth-order valence-electron chi connectivity index (χ4n) is 2.89. The third kappa shape index (κ3) is 2.91. The average Bonchev–Trinajstić information content (AvgIpc) is 2.93. The molecule has 132 valence electrons. The monoisotopic (exact) mass is 367 g/mol. The number of carbonyl (C=O) groups is 1. The summed E-state index contributed by atoms with van der Waals surface area (Å²) in [5.41, 5.74) is 1.64. The van der Waals surface area contributed by atoms with E-state index in [4.69, 9.17) is 5.11 Å². The Morgan fingerprint density at radius 1 is 1.04 bits per heavy atom. The Kier molecular flexibility index (Phi) is 4.12. The van der Waals surface area contributed by atoms with Crippen molar-refractivity contribution in [3.8, 4) is 0 Å². The summed E-state index contributed by atoms with van der Waals surface area (Å²) in [5, 5.41) is 9.17. The first kappa shape index (κ1) is 17.5. The molecule has 1 aliphatic rings. The Balaban J connectivity index is 2.06. The van der Waals surface area contributed by atoms with Gasteiger partial charge in [0.15, 0.2) is 11.6 Å². The summed E-state index contributed by atoms with van der Waals surface area (Å²) in [7, 11) is -4.02. The molecule has 25 heavy (non-hydrogen) atoms. The third-order valence-corrected chi connectivity index (χ3v) is 6.34. The van der Waals surface area contributed by atoms with E-state index in [1.54, 1.807) is 13.8 Å². The van der Waals surface area contributed by atoms with Crippen LogP contribution in [0.5, 0.6) is 0 Å². The van der Waals surface area contributed by atoms with Crippen molar-refractivity contribution in [3.05, 3.63) is 63.7 Å². The van der Waals surface area contributed by atoms with Gasteiger partial charge in [0.25, 0.3) is 0 Å². The van der Waals surface area contributed by atoms with E-state index in [0.717, 1.165) is 22.5 Å². The fraction of sp³-hybridized carbons (Fsp3) is 0.235. The maximum atomic E-state index is 13.4. The van der Waals surface area contributed by atoms with Gasteiger partial charge in [0.05, 0.1) is 10.5 Å². The van der Waals surface area contributed by atoms with Gasteiger partial charge in [-0.1, -0.05) is 0 Å². The summed E-state index contributed by atoms with van der Waals surface area (Å²) in [6.45, 7) is 3.04. The molecule has 0 aromatic heterocycles. The molecule has 2 aromatic carbocycles. The molecule has 0 radical (unpaired) electrons. The molecule has 0 atom stereocenters. The summed E-state index contributed by atoms with van der Waals surface area (Å²) in [5.74, 6) is -3.29. The molecule has 0 bridgehead atoms. The van der Waals surface area contributed by atoms with Crippen molar-refractivity contribution >= 4 is 16.0 Å². The van der Waals surface area contributed by atoms with E-state index in [9.17, 15) is 22.0 Å². The van der Waals surface area contributed by atoms with Gasteiger partial charge in [0, 0.05) is 13.1 Å². The molecule has 1 N–H and O–H groups in total. The van der Waals surface area contributed by atoms with Crippen LogP contribution in [0.15, 0.2) is 29.2 Å². The average molecular weight is 367 g/mol. The topological polar surface area (TPSA) is 74.7 Å². The van der Waals surface area contributed by atoms with Crippen molar-refractivity contribution < 1.29 is 27.1 Å². The van der Waals surface area contributed by atoms with Crippen molar-refractivity contribution in [2.45, 2.75) is 31.8 Å². The number of halogens is 2. The summed E-state index contributed by atoms with van der Waals surface area (Å²) < 4.78 is 53.8. The van der Waals surface area contributed by atoms with Gasteiger partial charge in [-0.05, 0) is 60.4 Å². The van der Waals surface area contributed by atoms with Crippen LogP contribution in [0.4, 0.5) is 8.78 Å². The van der Waals surface area contributed by atoms with E-state index in [0.29, 0.717) is 22.3 Å². The number of aryl methyl sites for hydroxylation is 1. The van der Waals surface area contributed by atoms with E-state index in [-0.39, 0.29) is 23.5 Å². The molecule has 0 fully saturated rings. The van der Waals surface area contributed by atoms with Crippen LogP contribution in [0.3, 0.4) is 0 Å². The molecule has 2 aromatic rings. The minimum absolute atomic E-state index is 0.0926. The molecule has 1 aliphatic heterocycles. The van der Waals surface area contributed by atoms with Crippen LogP contribution >= 0.6 is 0 Å². The maximum absolute atomic E-state index is 13.4. The van der Waals surface area contributed by atoms with Gasteiger partial charge in [-0.3, -0.25) is 0 Å². The second-order valence-electron chi connectivity index (χ2n) is 6.03. The summed E-state index contributed by atoms with van der Waals surface area (Å²) in [6.07, 6.45) is 0. The van der Waals surface area contributed by atoms with Crippen LogP contribution in [-0.4, -0.2) is 23.8 Å². The molecule has 0 saturated heterocycles. The van der Waals surface area contributed by atoms with E-state index in [1.807, 2.05) is 0 Å². The van der Waals surface area contributed by atoms with Gasteiger partial charge in [0.1, 0.15) is 0 Å². The van der Waals surface area contributed by atoms with Crippen LogP contribution < -0.4 is 0 Å². The predicted molar refractivity (Wildman–Crippen MR) is 85.7 cm³/mol. The maximum Gasteiger partial charge on any atom is 0.335 e. The van der Waals surface area contributed by atoms with Gasteiger partial charge in [-0.15, -0.1) is 0 Å². The zero-order chi connectivity index (χ0) is 18.5. The molecular formula is C17H15F2NO4S. The highest BCUT2D eigenvalue weighted by atomic mass is 32.2. The quantitative estimate of drug-likeness (QED) is 0.905. The molecule has 8 heteroatoms. The first-order valence-corrected chi connectivity index (χ1v) is 8.86. The number of carboxylic acids is 1. The number of rotatable bonds is 3. The lowest BCUT2D eigenvalue weighted by molar-refractivity contribution is 0.0696. The first-order valence-electron chi connectivity index (χ1n) is 7.42. The Bertz CT molecular complexity index is 971. The van der Waals surface area contributed by atoms with E-state index in [2.05, 4.69) is 0 Å². The highest BCUT2D eigenvalue weighted by Crippen LogP contribution is 2.32. The highest BCUT2D eigenvalue weighted by molar-refractivity contribution is 7.89. The zero-order valence-corrected chi connectivity index (χ0v) is 14.3. The third-order valence-electron chi connectivity index (χ3n) is 4.42. The van der Waals surface area contributed by atoms with Crippen LogP contribution in [0.1, 0.15) is 32.6 Å². The second kappa shape index (κ2) is 5.89. The predicted octanol–water partition coefficient (Wildman–Crippen LogP) is 2.98. The van der Waals surface area contributed by atoms with Crippen molar-refractivity contribution in [3.63, 3.8) is 0 Å². The second-order valence-corrected chi connectivity index (χ2v) is 7.94. The van der Waals surface area contributed by atoms with Crippen LogP contribution in [0.2, 0.25) is 0 Å². The minimum Gasteiger partial charge on any atom is -0.478 e. The number of fused-ring (bicyclic) bond motifs is 1. The molecule has 0 spiro atoms. The van der Waals surface area contributed by atoms with Gasteiger partial charge in [-0.2, -0.15) is 4.31 Å². The molecule has 3 rings (SSSR count). The largest absolute Gasteiger partial charge is 0.478 e. The number of carboxylic acid groups (broad SMARTS) is 1. The number of sulfonamides is 1. The number of nitrogens with zero attached hydrogens (tertiary/aromatic N) is 1. The Morgan fingerprint density at radius 2 is 1.56 bits per heavy atom. The van der Waals surface area contributed by atoms with Crippen molar-refractivity contribution in [1.82, 2.24) is 4.31 Å². The van der Waals surface area contributed by atoms with Gasteiger partial charge >= 0.3 is 5.97 Å². The zero-order valence-electron chi connectivity index (χ0n) is 13.5. The van der Waals surface area contributed by atoms with Gasteiger partial charge in [0.2, 0.25) is 10.0 Å². The lowest BCUT2D eigenvalue weighted by Crippen LogP contribution is -2.26. The standard InChI is InChI=1S/C17H15F2NO4S/c1-9-3-11(17(21)22)6-16(10(9)2)25(23,24)20-7-12-4-14(18)15(19)5-13(12)8-20/h3-6H,7-8H2,1-2H3,(H,21,22). The number of hydrogen-bond donors (Lipinski definition) is 1. The molecule has 0 aliphatic carbocycles. The van der Waals surface area contributed by atoms with Gasteiger partial charge < -0.3 is 5.11 Å². The number of aromatic carboxylic acids is 1. The van der Waals surface area contributed by atoms with Gasteiger partial charge in [-0.25, -0.2) is 22.0 Å². The molecule has 0 unspecified atom stereocenters.